The first-order valence-electron chi connectivity index (χ1n) is 4.55. The zero-order valence-electron chi connectivity index (χ0n) is 8.18. The molecule has 82 valence electrons. The topological polar surface area (TPSA) is 68.0 Å². The third-order valence-corrected chi connectivity index (χ3v) is 2.37. The average Bonchev–Trinajstić information content (AvgIpc) is 2.80. The molecule has 16 heavy (non-hydrogen) atoms. The standard InChI is InChI=1S/C10H8BrN3O2/c11-9-2-1-7(5-12-9)10(15)13-6-8-3-4-14-16-8/h1-5H,6H2,(H,13,15). The van der Waals surface area contributed by atoms with Crippen molar-refractivity contribution in [1.29, 1.82) is 0 Å². The molecule has 0 aliphatic rings. The summed E-state index contributed by atoms with van der Waals surface area (Å²) in [4.78, 5) is 15.6. The number of carbonyl (C=O) groups excluding carboxylic acids is 1. The van der Waals surface area contributed by atoms with Gasteiger partial charge in [0.2, 0.25) is 0 Å². The summed E-state index contributed by atoms with van der Waals surface area (Å²) in [7, 11) is 0. The Hall–Kier alpha value is -1.69. The fraction of sp³-hybridized carbons (Fsp3) is 0.100. The summed E-state index contributed by atoms with van der Waals surface area (Å²) in [5.74, 6) is 0.412. The number of nitrogens with one attached hydrogen (secondary N) is 1. The minimum atomic E-state index is -0.198. The Morgan fingerprint density at radius 2 is 2.31 bits per heavy atom. The van der Waals surface area contributed by atoms with Gasteiger partial charge in [-0.2, -0.15) is 0 Å². The van der Waals surface area contributed by atoms with Crippen LogP contribution in [0.15, 0.2) is 39.7 Å². The predicted molar refractivity (Wildman–Crippen MR) is 59.6 cm³/mol. The SMILES string of the molecule is O=C(NCc1ccno1)c1ccc(Br)nc1. The van der Waals surface area contributed by atoms with E-state index in [1.165, 1.54) is 12.4 Å². The van der Waals surface area contributed by atoms with Crippen molar-refractivity contribution in [3.63, 3.8) is 0 Å². The molecular weight excluding hydrogens is 274 g/mol. The van der Waals surface area contributed by atoms with Gasteiger partial charge in [-0.05, 0) is 28.1 Å². The molecule has 0 bridgehead atoms. The monoisotopic (exact) mass is 281 g/mol. The third-order valence-electron chi connectivity index (χ3n) is 1.90. The summed E-state index contributed by atoms with van der Waals surface area (Å²) in [5.41, 5.74) is 0.503. The summed E-state index contributed by atoms with van der Waals surface area (Å²) in [6.07, 6.45) is 3.03. The van der Waals surface area contributed by atoms with Crippen LogP contribution in [0.2, 0.25) is 0 Å². The zero-order chi connectivity index (χ0) is 11.4. The van der Waals surface area contributed by atoms with Gasteiger partial charge in [0, 0.05) is 12.3 Å². The van der Waals surface area contributed by atoms with Crippen molar-refractivity contribution in [2.45, 2.75) is 6.54 Å². The van der Waals surface area contributed by atoms with Gasteiger partial charge in [0.25, 0.3) is 5.91 Å². The molecule has 5 nitrogen and oxygen atoms in total. The lowest BCUT2D eigenvalue weighted by molar-refractivity contribution is 0.0946. The van der Waals surface area contributed by atoms with Gasteiger partial charge < -0.3 is 9.84 Å². The van der Waals surface area contributed by atoms with Crippen LogP contribution in [0.25, 0.3) is 0 Å². The van der Waals surface area contributed by atoms with E-state index in [1.54, 1.807) is 18.2 Å². The minimum Gasteiger partial charge on any atom is -0.360 e. The van der Waals surface area contributed by atoms with Crippen molar-refractivity contribution in [3.8, 4) is 0 Å². The fourth-order valence-electron chi connectivity index (χ4n) is 1.11. The van der Waals surface area contributed by atoms with Crippen molar-refractivity contribution in [3.05, 3.63) is 46.5 Å². The number of carbonyl (C=O) groups is 1. The van der Waals surface area contributed by atoms with Crippen LogP contribution in [-0.2, 0) is 6.54 Å². The Balaban J connectivity index is 1.95. The highest BCUT2D eigenvalue weighted by atomic mass is 79.9. The molecule has 0 fully saturated rings. The van der Waals surface area contributed by atoms with Gasteiger partial charge in [-0.25, -0.2) is 4.98 Å². The lowest BCUT2D eigenvalue weighted by Crippen LogP contribution is -2.22. The highest BCUT2D eigenvalue weighted by molar-refractivity contribution is 9.10. The molecule has 0 radical (unpaired) electrons. The van der Waals surface area contributed by atoms with Gasteiger partial charge in [0.15, 0.2) is 5.76 Å². The number of hydrogen-bond donors (Lipinski definition) is 1. The molecule has 0 aromatic carbocycles. The predicted octanol–water partition coefficient (Wildman–Crippen LogP) is 1.76. The van der Waals surface area contributed by atoms with E-state index < -0.39 is 0 Å². The van der Waals surface area contributed by atoms with Crippen LogP contribution in [0.4, 0.5) is 0 Å². The lowest BCUT2D eigenvalue weighted by atomic mass is 10.2. The summed E-state index contributed by atoms with van der Waals surface area (Å²) in [5, 5.41) is 6.23. The van der Waals surface area contributed by atoms with Crippen molar-refractivity contribution in [1.82, 2.24) is 15.5 Å². The van der Waals surface area contributed by atoms with Crippen LogP contribution in [0.3, 0.4) is 0 Å². The zero-order valence-corrected chi connectivity index (χ0v) is 9.77. The highest BCUT2D eigenvalue weighted by Crippen LogP contribution is 2.06. The Kier molecular flexibility index (Phi) is 3.31. The first-order valence-corrected chi connectivity index (χ1v) is 5.34. The average molecular weight is 282 g/mol. The summed E-state index contributed by atoms with van der Waals surface area (Å²) in [6, 6.07) is 5.09. The highest BCUT2D eigenvalue weighted by Gasteiger charge is 2.06. The molecule has 2 heterocycles. The number of aromatic nitrogens is 2. The Bertz CT molecular complexity index is 467. The normalized spacial score (nSPS) is 10.1. The van der Waals surface area contributed by atoms with Gasteiger partial charge in [-0.1, -0.05) is 5.16 Å². The second kappa shape index (κ2) is 4.89. The number of nitrogens with zero attached hydrogens (tertiary/aromatic N) is 2. The number of pyridine rings is 1. The van der Waals surface area contributed by atoms with Crippen LogP contribution < -0.4 is 5.32 Å². The smallest absolute Gasteiger partial charge is 0.253 e. The maximum atomic E-state index is 11.6. The molecular formula is C10H8BrN3O2. The van der Waals surface area contributed by atoms with Crippen molar-refractivity contribution < 1.29 is 9.32 Å². The quantitative estimate of drug-likeness (QED) is 0.871. The summed E-state index contributed by atoms with van der Waals surface area (Å²) < 4.78 is 5.54. The van der Waals surface area contributed by atoms with Crippen molar-refractivity contribution >= 4 is 21.8 Å². The van der Waals surface area contributed by atoms with E-state index in [2.05, 4.69) is 31.4 Å². The number of halogens is 1. The Morgan fingerprint density at radius 3 is 2.94 bits per heavy atom. The molecule has 1 amide bonds. The molecule has 1 N–H and O–H groups in total. The molecule has 0 saturated carbocycles. The number of hydrogen-bond acceptors (Lipinski definition) is 4. The van der Waals surface area contributed by atoms with Crippen LogP contribution >= 0.6 is 15.9 Å². The van der Waals surface area contributed by atoms with Gasteiger partial charge in [0.05, 0.1) is 18.3 Å². The minimum absolute atomic E-state index is 0.198. The van der Waals surface area contributed by atoms with E-state index >= 15 is 0 Å². The largest absolute Gasteiger partial charge is 0.360 e. The van der Waals surface area contributed by atoms with Gasteiger partial charge in [0.1, 0.15) is 4.60 Å². The van der Waals surface area contributed by atoms with Crippen LogP contribution in [-0.4, -0.2) is 16.0 Å². The number of amides is 1. The van der Waals surface area contributed by atoms with E-state index in [4.69, 9.17) is 4.52 Å². The van der Waals surface area contributed by atoms with Crippen LogP contribution in [0.1, 0.15) is 16.1 Å². The second-order valence-corrected chi connectivity index (χ2v) is 3.84. The van der Waals surface area contributed by atoms with E-state index in [0.717, 1.165) is 0 Å². The van der Waals surface area contributed by atoms with E-state index in [9.17, 15) is 4.79 Å². The maximum Gasteiger partial charge on any atom is 0.253 e. The van der Waals surface area contributed by atoms with Gasteiger partial charge in [-0.15, -0.1) is 0 Å². The molecule has 2 aromatic heterocycles. The van der Waals surface area contributed by atoms with E-state index in [1.807, 2.05) is 0 Å². The number of rotatable bonds is 3. The summed E-state index contributed by atoms with van der Waals surface area (Å²) in [6.45, 7) is 0.314. The van der Waals surface area contributed by atoms with Crippen LogP contribution in [0, 0.1) is 0 Å². The van der Waals surface area contributed by atoms with E-state index in [-0.39, 0.29) is 5.91 Å². The molecule has 0 spiro atoms. The molecule has 0 saturated heterocycles. The first-order chi connectivity index (χ1) is 7.75. The molecule has 2 aromatic rings. The molecule has 6 heteroatoms. The first kappa shape index (κ1) is 10.8. The molecule has 2 rings (SSSR count). The third kappa shape index (κ3) is 2.66. The molecule has 0 aliphatic heterocycles. The van der Waals surface area contributed by atoms with Gasteiger partial charge in [-0.3, -0.25) is 4.79 Å². The van der Waals surface area contributed by atoms with Gasteiger partial charge >= 0.3 is 0 Å². The van der Waals surface area contributed by atoms with E-state index in [0.29, 0.717) is 22.5 Å². The Morgan fingerprint density at radius 1 is 1.44 bits per heavy atom. The van der Waals surface area contributed by atoms with Crippen LogP contribution in [0.5, 0.6) is 0 Å². The molecule has 0 unspecified atom stereocenters. The lowest BCUT2D eigenvalue weighted by Gasteiger charge is -2.02. The maximum absolute atomic E-state index is 11.6. The Labute approximate surface area is 100.0 Å². The van der Waals surface area contributed by atoms with Crippen molar-refractivity contribution in [2.24, 2.45) is 0 Å². The summed E-state index contributed by atoms with van der Waals surface area (Å²) >= 11 is 3.20. The second-order valence-electron chi connectivity index (χ2n) is 3.03. The molecule has 0 atom stereocenters. The fourth-order valence-corrected chi connectivity index (χ4v) is 1.35. The van der Waals surface area contributed by atoms with Crippen molar-refractivity contribution in [2.75, 3.05) is 0 Å². The molecule has 0 aliphatic carbocycles.